The Bertz CT molecular complexity index is 516. The summed E-state index contributed by atoms with van der Waals surface area (Å²) >= 11 is 0. The van der Waals surface area contributed by atoms with Crippen molar-refractivity contribution in [2.45, 2.75) is 13.8 Å². The summed E-state index contributed by atoms with van der Waals surface area (Å²) < 4.78 is 0. The molecular formula is C14H14N2. The molecule has 16 heavy (non-hydrogen) atoms. The average molecular weight is 210 g/mol. The smallest absolute Gasteiger partial charge is 0.195 e. The maximum absolute atomic E-state index is 8.95. The van der Waals surface area contributed by atoms with E-state index in [9.17, 15) is 0 Å². The van der Waals surface area contributed by atoms with Crippen molar-refractivity contribution in [2.24, 2.45) is 0 Å². The van der Waals surface area contributed by atoms with Crippen LogP contribution in [0.3, 0.4) is 0 Å². The molecule has 2 aromatic rings. The van der Waals surface area contributed by atoms with Crippen LogP contribution in [0.5, 0.6) is 0 Å². The summed E-state index contributed by atoms with van der Waals surface area (Å²) in [6.07, 6.45) is 0. The number of hydrogen-bond donors (Lipinski definition) is 1. The topological polar surface area (TPSA) is 36.3 Å². The third-order valence-corrected chi connectivity index (χ3v) is 2.99. The van der Waals surface area contributed by atoms with Crippen LogP contribution in [-0.4, -0.2) is 0 Å². The van der Waals surface area contributed by atoms with Crippen LogP contribution in [-0.2, 0) is 0 Å². The highest BCUT2D eigenvalue weighted by Gasteiger charge is 2.08. The maximum atomic E-state index is 8.95. The fourth-order valence-corrected chi connectivity index (χ4v) is 1.87. The molecule has 2 rings (SSSR count). The maximum Gasteiger partial charge on any atom is 0.195 e. The zero-order valence-corrected chi connectivity index (χ0v) is 9.49. The molecule has 1 N–H and O–H groups in total. The standard InChI is InChI=1S/C14H14N2/c1-10-11(2)14(16-15)9-8-13(10)12-6-4-3-5-7-12/h3-9,16H,1-2H3. The summed E-state index contributed by atoms with van der Waals surface area (Å²) in [6, 6.07) is 14.2. The number of hydrogen-bond acceptors (Lipinski definition) is 0. The minimum absolute atomic E-state index is 0.761. The van der Waals surface area contributed by atoms with Crippen molar-refractivity contribution >= 4 is 5.69 Å². The molecule has 0 aliphatic rings. The molecule has 0 aliphatic carbocycles. The van der Waals surface area contributed by atoms with Gasteiger partial charge in [-0.1, -0.05) is 30.3 Å². The van der Waals surface area contributed by atoms with E-state index in [0.717, 1.165) is 11.3 Å². The zero-order valence-electron chi connectivity index (χ0n) is 9.49. The Balaban J connectivity index is 2.60. The molecule has 0 amide bonds. The third-order valence-electron chi connectivity index (χ3n) is 2.99. The van der Waals surface area contributed by atoms with E-state index in [1.807, 2.05) is 37.3 Å². The van der Waals surface area contributed by atoms with Gasteiger partial charge in [0.25, 0.3) is 0 Å². The van der Waals surface area contributed by atoms with E-state index >= 15 is 0 Å². The third kappa shape index (κ3) is 1.74. The molecule has 0 aromatic heterocycles. The van der Waals surface area contributed by atoms with E-state index in [4.69, 9.17) is 5.53 Å². The first kappa shape index (κ1) is 10.6. The quantitative estimate of drug-likeness (QED) is 0.740. The lowest BCUT2D eigenvalue weighted by Gasteiger charge is -2.09. The second-order valence-corrected chi connectivity index (χ2v) is 3.89. The molecule has 2 aromatic carbocycles. The zero-order chi connectivity index (χ0) is 11.5. The van der Waals surface area contributed by atoms with Crippen LogP contribution in [0.15, 0.2) is 42.5 Å². The van der Waals surface area contributed by atoms with Gasteiger partial charge < -0.3 is 5.53 Å². The molecule has 0 heterocycles. The van der Waals surface area contributed by atoms with Crippen LogP contribution in [0.2, 0.25) is 0 Å². The largest absolute Gasteiger partial charge is 0.502 e. The van der Waals surface area contributed by atoms with E-state index in [0.29, 0.717) is 0 Å². The predicted molar refractivity (Wildman–Crippen MR) is 65.3 cm³/mol. The molecule has 0 atom stereocenters. The summed E-state index contributed by atoms with van der Waals surface area (Å²) in [5.74, 6) is 0. The van der Waals surface area contributed by atoms with Crippen LogP contribution < -0.4 is 5.11 Å². The van der Waals surface area contributed by atoms with Gasteiger partial charge in [0.2, 0.25) is 0 Å². The Hall–Kier alpha value is -1.96. The molecule has 0 bridgehead atoms. The Morgan fingerprint density at radius 2 is 1.56 bits per heavy atom. The lowest BCUT2D eigenvalue weighted by molar-refractivity contribution is -0.380. The normalized spacial score (nSPS) is 10.1. The Morgan fingerprint density at radius 3 is 2.19 bits per heavy atom. The summed E-state index contributed by atoms with van der Waals surface area (Å²) in [4.78, 5) is 0. The molecule has 0 fully saturated rings. The molecule has 0 spiro atoms. The molecule has 2 heteroatoms. The van der Waals surface area contributed by atoms with Crippen molar-refractivity contribution in [1.29, 1.82) is 0 Å². The van der Waals surface area contributed by atoms with Gasteiger partial charge >= 0.3 is 0 Å². The van der Waals surface area contributed by atoms with Crippen LogP contribution in [0.25, 0.3) is 16.7 Å². The van der Waals surface area contributed by atoms with Crippen molar-refractivity contribution in [3.05, 3.63) is 59.1 Å². The van der Waals surface area contributed by atoms with E-state index in [-0.39, 0.29) is 0 Å². The first-order chi connectivity index (χ1) is 7.74. The molecule has 0 unspecified atom stereocenters. The molecule has 0 saturated carbocycles. The summed E-state index contributed by atoms with van der Waals surface area (Å²) in [7, 11) is 0. The minimum atomic E-state index is 0.761. The van der Waals surface area contributed by atoms with E-state index in [1.165, 1.54) is 16.7 Å². The second kappa shape index (κ2) is 4.27. The van der Waals surface area contributed by atoms with Gasteiger partial charge in [-0.3, -0.25) is 5.11 Å². The van der Waals surface area contributed by atoms with Gasteiger partial charge in [-0.05, 0) is 36.6 Å². The second-order valence-electron chi connectivity index (χ2n) is 3.89. The first-order valence-electron chi connectivity index (χ1n) is 5.29. The van der Waals surface area contributed by atoms with Crippen LogP contribution in [0.4, 0.5) is 5.69 Å². The highest BCUT2D eigenvalue weighted by Crippen LogP contribution is 2.27. The SMILES string of the molecule is Cc1c([NH+]=[N-])ccc(-c2ccccc2)c1C. The molecule has 2 nitrogen and oxygen atoms in total. The lowest BCUT2D eigenvalue weighted by atomic mass is 9.96. The first-order valence-corrected chi connectivity index (χ1v) is 5.29. The summed E-state index contributed by atoms with van der Waals surface area (Å²) in [6.45, 7) is 4.07. The summed E-state index contributed by atoms with van der Waals surface area (Å²) in [5, 5.41) is 2.21. The molecular weight excluding hydrogens is 196 g/mol. The molecule has 0 aliphatic heterocycles. The van der Waals surface area contributed by atoms with Crippen molar-refractivity contribution in [1.82, 2.24) is 0 Å². The highest BCUT2D eigenvalue weighted by atomic mass is 15.0. The predicted octanol–water partition coefficient (Wildman–Crippen LogP) is 2.70. The lowest BCUT2D eigenvalue weighted by Crippen LogP contribution is -2.55. The number of nitrogens with zero attached hydrogens (tertiary/aromatic N) is 1. The monoisotopic (exact) mass is 210 g/mol. The molecule has 0 radical (unpaired) electrons. The highest BCUT2D eigenvalue weighted by molar-refractivity contribution is 5.70. The van der Waals surface area contributed by atoms with Gasteiger partial charge in [0.1, 0.15) is 0 Å². The van der Waals surface area contributed by atoms with Gasteiger partial charge in [0.15, 0.2) is 5.69 Å². The van der Waals surface area contributed by atoms with Gasteiger partial charge in [-0.15, -0.1) is 0 Å². The van der Waals surface area contributed by atoms with Crippen molar-refractivity contribution < 1.29 is 5.11 Å². The van der Waals surface area contributed by atoms with Crippen molar-refractivity contribution in [3.8, 4) is 11.1 Å². The number of benzene rings is 2. The Morgan fingerprint density at radius 1 is 0.875 bits per heavy atom. The Labute approximate surface area is 95.5 Å². The fourth-order valence-electron chi connectivity index (χ4n) is 1.87. The van der Waals surface area contributed by atoms with E-state index < -0.39 is 0 Å². The van der Waals surface area contributed by atoms with E-state index in [1.54, 1.807) is 0 Å². The number of rotatable bonds is 2. The fraction of sp³-hybridized carbons (Fsp3) is 0.143. The van der Waals surface area contributed by atoms with Crippen molar-refractivity contribution in [2.75, 3.05) is 0 Å². The number of nitrogens with one attached hydrogen (secondary N) is 1. The molecule has 0 saturated heterocycles. The van der Waals surface area contributed by atoms with Crippen LogP contribution >= 0.6 is 0 Å². The van der Waals surface area contributed by atoms with Crippen LogP contribution in [0.1, 0.15) is 11.1 Å². The Kier molecular flexibility index (Phi) is 2.82. The van der Waals surface area contributed by atoms with E-state index in [2.05, 4.69) is 24.2 Å². The van der Waals surface area contributed by atoms with Gasteiger partial charge in [0.05, 0.1) is 0 Å². The van der Waals surface area contributed by atoms with Crippen molar-refractivity contribution in [3.63, 3.8) is 0 Å². The summed E-state index contributed by atoms with van der Waals surface area (Å²) in [5.41, 5.74) is 14.4. The van der Waals surface area contributed by atoms with Gasteiger partial charge in [-0.2, -0.15) is 0 Å². The van der Waals surface area contributed by atoms with Gasteiger partial charge in [-0.25, -0.2) is 0 Å². The van der Waals surface area contributed by atoms with Crippen LogP contribution in [0, 0.1) is 13.8 Å². The molecule has 80 valence electrons. The average Bonchev–Trinajstić information content (AvgIpc) is 2.34. The minimum Gasteiger partial charge on any atom is -0.502 e. The van der Waals surface area contributed by atoms with Gasteiger partial charge in [0, 0.05) is 11.6 Å².